The lowest BCUT2D eigenvalue weighted by Crippen LogP contribution is -2.15. The molecule has 0 radical (unpaired) electrons. The SMILES string of the molecule is CCOC(=O)c1ccc(Nc2nn3c(=O)c4cc(OC)c(OC)cc4nc3s2)cc1. The highest BCUT2D eigenvalue weighted by Crippen LogP contribution is 2.31. The van der Waals surface area contributed by atoms with Gasteiger partial charge in [-0.1, -0.05) is 11.3 Å². The first-order valence-electron chi connectivity index (χ1n) is 9.04. The van der Waals surface area contributed by atoms with Crippen molar-refractivity contribution in [3.05, 3.63) is 52.3 Å². The highest BCUT2D eigenvalue weighted by Gasteiger charge is 2.15. The molecule has 1 N–H and O–H groups in total. The number of rotatable bonds is 6. The van der Waals surface area contributed by atoms with Crippen molar-refractivity contribution in [2.24, 2.45) is 0 Å². The van der Waals surface area contributed by atoms with Gasteiger partial charge in [0.25, 0.3) is 5.56 Å². The van der Waals surface area contributed by atoms with Crippen LogP contribution in [0.15, 0.2) is 41.2 Å². The third-order valence-corrected chi connectivity index (χ3v) is 5.17. The summed E-state index contributed by atoms with van der Waals surface area (Å²) in [5, 5.41) is 8.31. The third-order valence-electron chi connectivity index (χ3n) is 4.35. The summed E-state index contributed by atoms with van der Waals surface area (Å²) in [6, 6.07) is 10.0. The monoisotopic (exact) mass is 426 g/mol. The molecule has 0 aliphatic rings. The van der Waals surface area contributed by atoms with E-state index in [2.05, 4.69) is 15.4 Å². The first kappa shape index (κ1) is 19.6. The minimum Gasteiger partial charge on any atom is -0.493 e. The van der Waals surface area contributed by atoms with Crippen LogP contribution in [0.1, 0.15) is 17.3 Å². The van der Waals surface area contributed by atoms with Gasteiger partial charge < -0.3 is 19.5 Å². The van der Waals surface area contributed by atoms with Crippen molar-refractivity contribution in [2.45, 2.75) is 6.92 Å². The molecule has 10 heteroatoms. The highest BCUT2D eigenvalue weighted by molar-refractivity contribution is 7.20. The molecule has 2 aromatic carbocycles. The van der Waals surface area contributed by atoms with Crippen molar-refractivity contribution in [3.8, 4) is 11.5 Å². The summed E-state index contributed by atoms with van der Waals surface area (Å²) >= 11 is 1.23. The van der Waals surface area contributed by atoms with Crippen molar-refractivity contribution in [2.75, 3.05) is 26.1 Å². The number of esters is 1. The molecule has 4 aromatic rings. The van der Waals surface area contributed by atoms with Crippen LogP contribution in [0.5, 0.6) is 11.5 Å². The second-order valence-corrected chi connectivity index (χ2v) is 7.12. The molecule has 30 heavy (non-hydrogen) atoms. The summed E-state index contributed by atoms with van der Waals surface area (Å²) in [5.41, 5.74) is 1.35. The van der Waals surface area contributed by atoms with Gasteiger partial charge in [0.15, 0.2) is 11.5 Å². The standard InChI is InChI=1S/C20H18N4O5S/c1-4-29-18(26)11-5-7-12(8-6-11)21-19-23-24-17(25)13-9-15(27-2)16(28-3)10-14(13)22-20(24)30-19/h5-10H,4H2,1-3H3,(H,21,23). The number of ether oxygens (including phenoxy) is 3. The number of hydrogen-bond donors (Lipinski definition) is 1. The zero-order chi connectivity index (χ0) is 21.3. The number of nitrogens with zero attached hydrogens (tertiary/aromatic N) is 3. The second-order valence-electron chi connectivity index (χ2n) is 6.17. The number of nitrogens with one attached hydrogen (secondary N) is 1. The molecule has 0 saturated carbocycles. The molecule has 2 heterocycles. The molecular weight excluding hydrogens is 408 g/mol. The maximum atomic E-state index is 12.9. The number of hydrogen-bond acceptors (Lipinski definition) is 9. The first-order valence-corrected chi connectivity index (χ1v) is 9.85. The number of anilines is 2. The molecule has 0 fully saturated rings. The van der Waals surface area contributed by atoms with Gasteiger partial charge in [-0.05, 0) is 37.3 Å². The van der Waals surface area contributed by atoms with Crippen LogP contribution in [0.2, 0.25) is 0 Å². The van der Waals surface area contributed by atoms with Gasteiger partial charge in [-0.2, -0.15) is 4.52 Å². The van der Waals surface area contributed by atoms with E-state index in [0.717, 1.165) is 0 Å². The summed E-state index contributed by atoms with van der Waals surface area (Å²) in [6.45, 7) is 2.07. The van der Waals surface area contributed by atoms with E-state index < -0.39 is 0 Å². The van der Waals surface area contributed by atoms with Crippen LogP contribution in [0, 0.1) is 0 Å². The Morgan fingerprint density at radius 1 is 1.13 bits per heavy atom. The molecule has 0 unspecified atom stereocenters. The fourth-order valence-corrected chi connectivity index (χ4v) is 3.73. The smallest absolute Gasteiger partial charge is 0.338 e. The van der Waals surface area contributed by atoms with Crippen LogP contribution in [0.3, 0.4) is 0 Å². The average molecular weight is 426 g/mol. The highest BCUT2D eigenvalue weighted by atomic mass is 32.1. The maximum absolute atomic E-state index is 12.9. The average Bonchev–Trinajstić information content (AvgIpc) is 3.16. The largest absolute Gasteiger partial charge is 0.493 e. The Labute approximate surface area is 174 Å². The van der Waals surface area contributed by atoms with Crippen molar-refractivity contribution < 1.29 is 19.0 Å². The predicted molar refractivity (Wildman–Crippen MR) is 113 cm³/mol. The lowest BCUT2D eigenvalue weighted by atomic mass is 10.2. The molecule has 0 bridgehead atoms. The molecule has 0 spiro atoms. The van der Waals surface area contributed by atoms with E-state index in [0.29, 0.717) is 50.4 Å². The van der Waals surface area contributed by atoms with E-state index in [1.807, 2.05) is 0 Å². The zero-order valence-corrected chi connectivity index (χ0v) is 17.3. The number of aromatic nitrogens is 3. The second kappa shape index (κ2) is 7.99. The molecule has 4 rings (SSSR count). The minimum atomic E-state index is -0.377. The molecule has 154 valence electrons. The topological polar surface area (TPSA) is 104 Å². The van der Waals surface area contributed by atoms with Gasteiger partial charge in [0.2, 0.25) is 10.1 Å². The summed E-state index contributed by atoms with van der Waals surface area (Å²) in [7, 11) is 3.03. The summed E-state index contributed by atoms with van der Waals surface area (Å²) in [4.78, 5) is 29.6. The Morgan fingerprint density at radius 2 is 1.83 bits per heavy atom. The molecule has 9 nitrogen and oxygen atoms in total. The first-order chi connectivity index (χ1) is 14.5. The third kappa shape index (κ3) is 3.52. The number of benzene rings is 2. The normalized spacial score (nSPS) is 10.9. The van der Waals surface area contributed by atoms with Crippen molar-refractivity contribution in [3.63, 3.8) is 0 Å². The van der Waals surface area contributed by atoms with E-state index in [9.17, 15) is 9.59 Å². The van der Waals surface area contributed by atoms with Gasteiger partial charge in [0, 0.05) is 11.8 Å². The fourth-order valence-electron chi connectivity index (χ4n) is 2.91. The molecule has 0 atom stereocenters. The zero-order valence-electron chi connectivity index (χ0n) is 16.5. The Hall–Kier alpha value is -3.66. The Morgan fingerprint density at radius 3 is 2.50 bits per heavy atom. The van der Waals surface area contributed by atoms with E-state index in [4.69, 9.17) is 14.2 Å². The lowest BCUT2D eigenvalue weighted by Gasteiger charge is -2.08. The van der Waals surface area contributed by atoms with Crippen LogP contribution < -0.4 is 20.3 Å². The van der Waals surface area contributed by atoms with Crippen LogP contribution in [-0.4, -0.2) is 41.4 Å². The minimum absolute atomic E-state index is 0.307. The summed E-state index contributed by atoms with van der Waals surface area (Å²) in [6.07, 6.45) is 0. The molecular formula is C20H18N4O5S. The van der Waals surface area contributed by atoms with E-state index in [1.54, 1.807) is 43.3 Å². The van der Waals surface area contributed by atoms with E-state index in [1.165, 1.54) is 30.1 Å². The Kier molecular flexibility index (Phi) is 5.23. The lowest BCUT2D eigenvalue weighted by molar-refractivity contribution is 0.0526. The predicted octanol–water partition coefficient (Wildman–Crippen LogP) is 3.24. The molecule has 0 aliphatic heterocycles. The fraction of sp³-hybridized carbons (Fsp3) is 0.200. The summed E-state index contributed by atoms with van der Waals surface area (Å²) in [5.74, 6) is 0.558. The maximum Gasteiger partial charge on any atom is 0.338 e. The van der Waals surface area contributed by atoms with Gasteiger partial charge in [-0.15, -0.1) is 5.10 Å². The van der Waals surface area contributed by atoms with Gasteiger partial charge in [0.05, 0.1) is 37.3 Å². The van der Waals surface area contributed by atoms with E-state index >= 15 is 0 Å². The molecule has 0 saturated heterocycles. The number of methoxy groups -OCH3 is 2. The van der Waals surface area contributed by atoms with Crippen LogP contribution >= 0.6 is 11.3 Å². The molecule has 0 amide bonds. The Balaban J connectivity index is 1.69. The van der Waals surface area contributed by atoms with Crippen LogP contribution in [-0.2, 0) is 4.74 Å². The quantitative estimate of drug-likeness (QED) is 0.469. The van der Waals surface area contributed by atoms with Crippen LogP contribution in [0.25, 0.3) is 15.9 Å². The number of carbonyl (C=O) groups is 1. The number of carbonyl (C=O) groups excluding carboxylic acids is 1. The summed E-state index contributed by atoms with van der Waals surface area (Å²) < 4.78 is 16.8. The Bertz CT molecular complexity index is 1300. The van der Waals surface area contributed by atoms with Gasteiger partial charge >= 0.3 is 5.97 Å². The number of fused-ring (bicyclic) bond motifs is 2. The van der Waals surface area contributed by atoms with Crippen molar-refractivity contribution >= 4 is 44.0 Å². The van der Waals surface area contributed by atoms with Gasteiger partial charge in [0.1, 0.15) is 0 Å². The molecule has 0 aliphatic carbocycles. The molecule has 2 aromatic heterocycles. The van der Waals surface area contributed by atoms with Gasteiger partial charge in [-0.3, -0.25) is 4.79 Å². The van der Waals surface area contributed by atoms with Crippen LogP contribution in [0.4, 0.5) is 10.8 Å². The van der Waals surface area contributed by atoms with E-state index in [-0.39, 0.29) is 11.5 Å². The van der Waals surface area contributed by atoms with Crippen molar-refractivity contribution in [1.29, 1.82) is 0 Å². The van der Waals surface area contributed by atoms with Gasteiger partial charge in [-0.25, -0.2) is 9.78 Å². The van der Waals surface area contributed by atoms with Crippen molar-refractivity contribution in [1.82, 2.24) is 14.6 Å².